The number of benzene rings is 1. The number of carbonyl (C=O) groups is 2. The Morgan fingerprint density at radius 1 is 1.23 bits per heavy atom. The molecule has 1 aromatic carbocycles. The molecule has 0 aliphatic rings. The average molecular weight is 328 g/mol. The van der Waals surface area contributed by atoms with E-state index >= 15 is 0 Å². The average Bonchev–Trinajstić information content (AvgIpc) is 2.44. The van der Waals surface area contributed by atoms with E-state index in [9.17, 15) is 18.0 Å². The Morgan fingerprint density at radius 3 is 2.45 bits per heavy atom. The van der Waals surface area contributed by atoms with Gasteiger partial charge in [-0.3, -0.25) is 4.79 Å². The zero-order valence-electron chi connectivity index (χ0n) is 12.8. The zero-order valence-corrected chi connectivity index (χ0v) is 13.6. The quantitative estimate of drug-likeness (QED) is 0.718. The standard InChI is InChI=1S/C14H20N2O5S/c1-4-21-14(18)10-7-11(16-13(17)5-6-15-2)9-12(8-10)22(3,19)20/h7-9,15H,4-6H2,1-3H3,(H,16,17). The van der Waals surface area contributed by atoms with E-state index in [0.29, 0.717) is 6.54 Å². The van der Waals surface area contributed by atoms with Crippen LogP contribution in [0.5, 0.6) is 0 Å². The maximum Gasteiger partial charge on any atom is 0.338 e. The number of ether oxygens (including phenoxy) is 1. The van der Waals surface area contributed by atoms with Gasteiger partial charge in [0.05, 0.1) is 17.1 Å². The maximum absolute atomic E-state index is 11.8. The summed E-state index contributed by atoms with van der Waals surface area (Å²) in [4.78, 5) is 23.5. The highest BCUT2D eigenvalue weighted by Crippen LogP contribution is 2.20. The monoisotopic (exact) mass is 328 g/mol. The lowest BCUT2D eigenvalue weighted by molar-refractivity contribution is -0.116. The van der Waals surface area contributed by atoms with Crippen molar-refractivity contribution in [1.29, 1.82) is 0 Å². The first-order chi connectivity index (χ1) is 10.3. The summed E-state index contributed by atoms with van der Waals surface area (Å²) in [5.41, 5.74) is 0.320. The Balaban J connectivity index is 3.13. The lowest BCUT2D eigenvalue weighted by Crippen LogP contribution is -2.19. The predicted octanol–water partition coefficient (Wildman–Crippen LogP) is 0.815. The van der Waals surface area contributed by atoms with Gasteiger partial charge in [0.2, 0.25) is 5.91 Å². The van der Waals surface area contributed by atoms with Crippen LogP contribution in [0.4, 0.5) is 5.69 Å². The number of anilines is 1. The van der Waals surface area contributed by atoms with E-state index < -0.39 is 15.8 Å². The highest BCUT2D eigenvalue weighted by Gasteiger charge is 2.16. The van der Waals surface area contributed by atoms with Gasteiger partial charge >= 0.3 is 5.97 Å². The van der Waals surface area contributed by atoms with E-state index in [1.54, 1.807) is 14.0 Å². The van der Waals surface area contributed by atoms with Crippen LogP contribution in [0.25, 0.3) is 0 Å². The summed E-state index contributed by atoms with van der Waals surface area (Å²) in [6, 6.07) is 3.94. The molecule has 0 aliphatic heterocycles. The summed E-state index contributed by atoms with van der Waals surface area (Å²) >= 11 is 0. The topological polar surface area (TPSA) is 102 Å². The second-order valence-electron chi connectivity index (χ2n) is 4.64. The molecule has 1 amide bonds. The van der Waals surface area contributed by atoms with Crippen molar-refractivity contribution >= 4 is 27.4 Å². The van der Waals surface area contributed by atoms with Gasteiger partial charge in [-0.2, -0.15) is 0 Å². The Bertz CT molecular complexity index is 655. The molecule has 0 aromatic heterocycles. The third-order valence-electron chi connectivity index (χ3n) is 2.73. The summed E-state index contributed by atoms with van der Waals surface area (Å²) in [5, 5.41) is 5.41. The van der Waals surface area contributed by atoms with E-state index in [2.05, 4.69) is 10.6 Å². The van der Waals surface area contributed by atoms with E-state index in [4.69, 9.17) is 4.74 Å². The van der Waals surface area contributed by atoms with Gasteiger partial charge in [-0.15, -0.1) is 0 Å². The van der Waals surface area contributed by atoms with Gasteiger partial charge in [-0.25, -0.2) is 13.2 Å². The molecule has 0 radical (unpaired) electrons. The molecule has 1 rings (SSSR count). The molecule has 8 heteroatoms. The molecule has 0 saturated carbocycles. The Labute approximate surface area is 130 Å². The van der Waals surface area contributed by atoms with E-state index in [1.165, 1.54) is 18.2 Å². The van der Waals surface area contributed by atoms with Gasteiger partial charge in [0, 0.05) is 24.9 Å². The highest BCUT2D eigenvalue weighted by atomic mass is 32.2. The fourth-order valence-corrected chi connectivity index (χ4v) is 2.36. The molecule has 0 heterocycles. The molecule has 0 atom stereocenters. The SMILES string of the molecule is CCOC(=O)c1cc(NC(=O)CCNC)cc(S(C)(=O)=O)c1. The van der Waals surface area contributed by atoms with Crippen molar-refractivity contribution < 1.29 is 22.7 Å². The number of hydrogen-bond donors (Lipinski definition) is 2. The number of sulfone groups is 1. The minimum absolute atomic E-state index is 0.0537. The first kappa shape index (κ1) is 18.1. The third kappa shape index (κ3) is 5.45. The van der Waals surface area contributed by atoms with Crippen LogP contribution in [-0.4, -0.2) is 46.7 Å². The summed E-state index contributed by atoms with van der Waals surface area (Å²) in [7, 11) is -1.80. The first-order valence-electron chi connectivity index (χ1n) is 6.74. The third-order valence-corrected chi connectivity index (χ3v) is 3.82. The fraction of sp³-hybridized carbons (Fsp3) is 0.429. The van der Waals surface area contributed by atoms with Crippen molar-refractivity contribution in [2.45, 2.75) is 18.2 Å². The number of hydrogen-bond acceptors (Lipinski definition) is 6. The molecule has 122 valence electrons. The smallest absolute Gasteiger partial charge is 0.338 e. The second kappa shape index (κ2) is 7.90. The Morgan fingerprint density at radius 2 is 1.91 bits per heavy atom. The van der Waals surface area contributed by atoms with Crippen molar-refractivity contribution in [1.82, 2.24) is 5.32 Å². The molecule has 2 N–H and O–H groups in total. The van der Waals surface area contributed by atoms with Crippen LogP contribution in [0.2, 0.25) is 0 Å². The number of amides is 1. The summed E-state index contributed by atoms with van der Waals surface area (Å²) < 4.78 is 28.3. The van der Waals surface area contributed by atoms with Gasteiger partial charge in [0.25, 0.3) is 0 Å². The molecular formula is C14H20N2O5S. The predicted molar refractivity (Wildman–Crippen MR) is 82.7 cm³/mol. The van der Waals surface area contributed by atoms with E-state index in [-0.39, 0.29) is 35.1 Å². The van der Waals surface area contributed by atoms with Gasteiger partial charge in [-0.05, 0) is 32.2 Å². The lowest BCUT2D eigenvalue weighted by atomic mass is 10.2. The van der Waals surface area contributed by atoms with Crippen molar-refractivity contribution in [3.63, 3.8) is 0 Å². The number of esters is 1. The van der Waals surface area contributed by atoms with Crippen LogP contribution >= 0.6 is 0 Å². The fourth-order valence-electron chi connectivity index (χ4n) is 1.68. The van der Waals surface area contributed by atoms with Crippen LogP contribution in [0.15, 0.2) is 23.1 Å². The minimum atomic E-state index is -3.52. The van der Waals surface area contributed by atoms with E-state index in [0.717, 1.165) is 6.26 Å². The molecule has 0 unspecified atom stereocenters. The van der Waals surface area contributed by atoms with Crippen molar-refractivity contribution in [2.24, 2.45) is 0 Å². The summed E-state index contributed by atoms with van der Waals surface area (Å²) in [6.45, 7) is 2.31. The largest absolute Gasteiger partial charge is 0.462 e. The molecule has 0 saturated heterocycles. The molecule has 0 aliphatic carbocycles. The number of carbonyl (C=O) groups excluding carboxylic acids is 2. The second-order valence-corrected chi connectivity index (χ2v) is 6.66. The lowest BCUT2D eigenvalue weighted by Gasteiger charge is -2.10. The van der Waals surface area contributed by atoms with Crippen LogP contribution in [0, 0.1) is 0 Å². The molecule has 1 aromatic rings. The van der Waals surface area contributed by atoms with Crippen LogP contribution < -0.4 is 10.6 Å². The molecule has 0 spiro atoms. The van der Waals surface area contributed by atoms with Crippen LogP contribution in [-0.2, 0) is 19.4 Å². The minimum Gasteiger partial charge on any atom is -0.462 e. The normalized spacial score (nSPS) is 11.0. The molecule has 22 heavy (non-hydrogen) atoms. The van der Waals surface area contributed by atoms with Crippen molar-refractivity contribution in [3.05, 3.63) is 23.8 Å². The van der Waals surface area contributed by atoms with Gasteiger partial charge in [0.15, 0.2) is 9.84 Å². The molecule has 0 fully saturated rings. The highest BCUT2D eigenvalue weighted by molar-refractivity contribution is 7.90. The zero-order chi connectivity index (χ0) is 16.8. The molecule has 0 bridgehead atoms. The maximum atomic E-state index is 11.8. The van der Waals surface area contributed by atoms with Gasteiger partial charge in [0.1, 0.15) is 0 Å². The van der Waals surface area contributed by atoms with Gasteiger partial charge in [-0.1, -0.05) is 0 Å². The number of nitrogens with one attached hydrogen (secondary N) is 2. The molecule has 7 nitrogen and oxygen atoms in total. The van der Waals surface area contributed by atoms with Gasteiger partial charge < -0.3 is 15.4 Å². The first-order valence-corrected chi connectivity index (χ1v) is 8.63. The van der Waals surface area contributed by atoms with E-state index in [1.807, 2.05) is 0 Å². The van der Waals surface area contributed by atoms with Crippen molar-refractivity contribution in [2.75, 3.05) is 31.8 Å². The Kier molecular flexibility index (Phi) is 6.51. The Hall–Kier alpha value is -1.93. The molecular weight excluding hydrogens is 308 g/mol. The number of rotatable bonds is 7. The van der Waals surface area contributed by atoms with Crippen molar-refractivity contribution in [3.8, 4) is 0 Å². The van der Waals surface area contributed by atoms with Crippen LogP contribution in [0.3, 0.4) is 0 Å². The summed E-state index contributed by atoms with van der Waals surface area (Å²) in [6.07, 6.45) is 1.26. The van der Waals surface area contributed by atoms with Crippen LogP contribution in [0.1, 0.15) is 23.7 Å². The summed E-state index contributed by atoms with van der Waals surface area (Å²) in [5.74, 6) is -0.923.